The van der Waals surface area contributed by atoms with E-state index in [2.05, 4.69) is 4.98 Å². The summed E-state index contributed by atoms with van der Waals surface area (Å²) < 4.78 is 6.66. The zero-order valence-corrected chi connectivity index (χ0v) is 12.3. The predicted molar refractivity (Wildman–Crippen MR) is 84.9 cm³/mol. The molecule has 4 heteroatoms. The minimum absolute atomic E-state index is 0.157. The van der Waals surface area contributed by atoms with Gasteiger partial charge in [0.15, 0.2) is 0 Å². The Hall–Kier alpha value is -2.20. The fourth-order valence-electron chi connectivity index (χ4n) is 2.05. The second kappa shape index (κ2) is 6.50. The van der Waals surface area contributed by atoms with Crippen molar-refractivity contribution < 1.29 is 9.53 Å². The first kappa shape index (κ1) is 13.8. The van der Waals surface area contributed by atoms with E-state index in [0.717, 1.165) is 21.0 Å². The number of carbonyl (C=O) groups is 1. The predicted octanol–water partition coefficient (Wildman–Crippen LogP) is 3.88. The van der Waals surface area contributed by atoms with Crippen LogP contribution in [0.4, 0.5) is 0 Å². The minimum atomic E-state index is 0.157. The van der Waals surface area contributed by atoms with Crippen LogP contribution in [-0.2, 0) is 11.2 Å². The number of hydrogen-bond acceptors (Lipinski definition) is 4. The van der Waals surface area contributed by atoms with Crippen LogP contribution in [-0.4, -0.2) is 17.4 Å². The Morgan fingerprint density at radius 2 is 1.81 bits per heavy atom. The third kappa shape index (κ3) is 3.67. The summed E-state index contributed by atoms with van der Waals surface area (Å²) in [5, 5.41) is 0.876. The van der Waals surface area contributed by atoms with Crippen molar-refractivity contribution in [1.82, 2.24) is 4.98 Å². The molecule has 0 aliphatic rings. The van der Waals surface area contributed by atoms with E-state index in [9.17, 15) is 4.79 Å². The van der Waals surface area contributed by atoms with Crippen molar-refractivity contribution in [3.05, 3.63) is 59.6 Å². The van der Waals surface area contributed by atoms with Crippen LogP contribution in [0, 0.1) is 0 Å². The zero-order chi connectivity index (χ0) is 14.5. The number of fused-ring (bicyclic) bond motifs is 1. The van der Waals surface area contributed by atoms with Gasteiger partial charge in [-0.05, 0) is 24.3 Å². The second-order valence-corrected chi connectivity index (χ2v) is 5.82. The molecule has 3 nitrogen and oxygen atoms in total. The maximum atomic E-state index is 12.0. The molecule has 3 rings (SSSR count). The number of nitrogens with zero attached hydrogens (tertiary/aromatic N) is 1. The summed E-state index contributed by atoms with van der Waals surface area (Å²) >= 11 is 1.58. The molecule has 21 heavy (non-hydrogen) atoms. The van der Waals surface area contributed by atoms with Crippen molar-refractivity contribution in [3.8, 4) is 5.75 Å². The molecule has 0 N–H and O–H groups in total. The molecule has 0 aliphatic heterocycles. The number of thiazole rings is 1. The average molecular weight is 297 g/mol. The molecular weight excluding hydrogens is 282 g/mol. The highest BCUT2D eigenvalue weighted by Gasteiger charge is 2.09. The number of hydrogen-bond donors (Lipinski definition) is 0. The fraction of sp³-hybridized carbons (Fsp3) is 0.176. The SMILES string of the molecule is O=C(CCOc1ccccc1)Cc1nc2ccccc2s1. The number of Topliss-reactive ketones (excluding diaryl/α,β-unsaturated/α-hetero) is 1. The minimum Gasteiger partial charge on any atom is -0.493 e. The standard InChI is InChI=1S/C17H15NO2S/c19-13(10-11-20-14-6-2-1-3-7-14)12-17-18-15-8-4-5-9-16(15)21-17/h1-9H,10-12H2. The van der Waals surface area contributed by atoms with Crippen molar-refractivity contribution in [1.29, 1.82) is 0 Å². The van der Waals surface area contributed by atoms with Gasteiger partial charge in [-0.15, -0.1) is 11.3 Å². The number of aromatic nitrogens is 1. The van der Waals surface area contributed by atoms with Crippen LogP contribution in [0.3, 0.4) is 0 Å². The number of ether oxygens (including phenoxy) is 1. The molecule has 0 saturated heterocycles. The molecule has 3 aromatic rings. The topological polar surface area (TPSA) is 39.2 Å². The van der Waals surface area contributed by atoms with Gasteiger partial charge < -0.3 is 4.74 Å². The summed E-state index contributed by atoms with van der Waals surface area (Å²) in [6, 6.07) is 17.5. The molecule has 0 unspecified atom stereocenters. The van der Waals surface area contributed by atoms with Crippen LogP contribution in [0.2, 0.25) is 0 Å². The first-order valence-corrected chi connectivity index (χ1v) is 7.67. The van der Waals surface area contributed by atoms with Crippen molar-refractivity contribution >= 4 is 27.3 Å². The Labute approximate surface area is 127 Å². The molecule has 2 aromatic carbocycles. The lowest BCUT2D eigenvalue weighted by atomic mass is 10.2. The normalized spacial score (nSPS) is 10.7. The van der Waals surface area contributed by atoms with Crippen LogP contribution < -0.4 is 4.74 Å². The molecule has 0 amide bonds. The Morgan fingerprint density at radius 3 is 2.62 bits per heavy atom. The van der Waals surface area contributed by atoms with Crippen LogP contribution in [0.1, 0.15) is 11.4 Å². The number of ketones is 1. The van der Waals surface area contributed by atoms with Gasteiger partial charge in [0.25, 0.3) is 0 Å². The Morgan fingerprint density at radius 1 is 1.05 bits per heavy atom. The Kier molecular flexibility index (Phi) is 4.26. The van der Waals surface area contributed by atoms with Crippen molar-refractivity contribution in [3.63, 3.8) is 0 Å². The molecule has 0 spiro atoms. The average Bonchev–Trinajstić information content (AvgIpc) is 2.90. The number of rotatable bonds is 6. The summed E-state index contributed by atoms with van der Waals surface area (Å²) in [6.45, 7) is 0.410. The molecule has 0 aliphatic carbocycles. The Bertz CT molecular complexity index is 704. The fourth-order valence-corrected chi connectivity index (χ4v) is 3.05. The smallest absolute Gasteiger partial charge is 0.143 e. The first-order valence-electron chi connectivity index (χ1n) is 6.85. The highest BCUT2D eigenvalue weighted by atomic mass is 32.1. The third-order valence-corrected chi connectivity index (χ3v) is 4.12. The van der Waals surface area contributed by atoms with E-state index in [0.29, 0.717) is 19.4 Å². The molecule has 0 atom stereocenters. The molecule has 1 aromatic heterocycles. The number of benzene rings is 2. The van der Waals surface area contributed by atoms with Gasteiger partial charge >= 0.3 is 0 Å². The van der Waals surface area contributed by atoms with Crippen LogP contribution in [0.5, 0.6) is 5.75 Å². The molecule has 0 radical (unpaired) electrons. The van der Waals surface area contributed by atoms with E-state index in [-0.39, 0.29) is 5.78 Å². The van der Waals surface area contributed by atoms with Crippen LogP contribution in [0.15, 0.2) is 54.6 Å². The van der Waals surface area contributed by atoms with Crippen molar-refractivity contribution in [2.24, 2.45) is 0 Å². The van der Waals surface area contributed by atoms with E-state index in [1.54, 1.807) is 11.3 Å². The van der Waals surface area contributed by atoms with Crippen LogP contribution >= 0.6 is 11.3 Å². The van der Waals surface area contributed by atoms with E-state index in [4.69, 9.17) is 4.74 Å². The summed E-state index contributed by atoms with van der Waals surface area (Å²) in [5.74, 6) is 0.954. The molecule has 0 saturated carbocycles. The highest BCUT2D eigenvalue weighted by Crippen LogP contribution is 2.22. The van der Waals surface area contributed by atoms with Gasteiger partial charge in [-0.3, -0.25) is 4.79 Å². The monoisotopic (exact) mass is 297 g/mol. The summed E-state index contributed by atoms with van der Waals surface area (Å²) in [7, 11) is 0. The number of para-hydroxylation sites is 2. The van der Waals surface area contributed by atoms with Crippen molar-refractivity contribution in [2.45, 2.75) is 12.8 Å². The zero-order valence-electron chi connectivity index (χ0n) is 11.5. The molecule has 0 fully saturated rings. The lowest BCUT2D eigenvalue weighted by Gasteiger charge is -2.04. The maximum absolute atomic E-state index is 12.0. The Balaban J connectivity index is 1.52. The van der Waals surface area contributed by atoms with Gasteiger partial charge in [-0.25, -0.2) is 4.98 Å². The lowest BCUT2D eigenvalue weighted by Crippen LogP contribution is -2.08. The molecule has 1 heterocycles. The van der Waals surface area contributed by atoms with Gasteiger partial charge in [0.1, 0.15) is 16.5 Å². The van der Waals surface area contributed by atoms with Crippen molar-refractivity contribution in [2.75, 3.05) is 6.61 Å². The highest BCUT2D eigenvalue weighted by molar-refractivity contribution is 7.18. The molecule has 106 valence electrons. The van der Waals surface area contributed by atoms with Gasteiger partial charge in [0.05, 0.1) is 23.2 Å². The lowest BCUT2D eigenvalue weighted by molar-refractivity contribution is -0.118. The summed E-state index contributed by atoms with van der Waals surface area (Å²) in [6.07, 6.45) is 0.794. The van der Waals surface area contributed by atoms with E-state index in [1.807, 2.05) is 54.6 Å². The number of carbonyl (C=O) groups excluding carboxylic acids is 1. The van der Waals surface area contributed by atoms with Gasteiger partial charge in [-0.1, -0.05) is 30.3 Å². The molecule has 0 bridgehead atoms. The van der Waals surface area contributed by atoms with Crippen LogP contribution in [0.25, 0.3) is 10.2 Å². The van der Waals surface area contributed by atoms with Gasteiger partial charge in [0.2, 0.25) is 0 Å². The summed E-state index contributed by atoms with van der Waals surface area (Å²) in [4.78, 5) is 16.4. The molecular formula is C17H15NO2S. The van der Waals surface area contributed by atoms with E-state index < -0.39 is 0 Å². The maximum Gasteiger partial charge on any atom is 0.143 e. The quantitative estimate of drug-likeness (QED) is 0.693. The first-order chi connectivity index (χ1) is 10.3. The summed E-state index contributed by atoms with van der Waals surface area (Å²) in [5.41, 5.74) is 0.964. The largest absolute Gasteiger partial charge is 0.493 e. The van der Waals surface area contributed by atoms with E-state index in [1.165, 1.54) is 0 Å². The van der Waals surface area contributed by atoms with Gasteiger partial charge in [-0.2, -0.15) is 0 Å². The van der Waals surface area contributed by atoms with E-state index >= 15 is 0 Å². The second-order valence-electron chi connectivity index (χ2n) is 4.70. The van der Waals surface area contributed by atoms with Gasteiger partial charge in [0, 0.05) is 6.42 Å². The third-order valence-electron chi connectivity index (χ3n) is 3.08.